The number of aryl methyl sites for hydroxylation is 1. The van der Waals surface area contributed by atoms with Crippen molar-refractivity contribution in [3.8, 4) is 11.3 Å². The molecule has 1 N–H and O–H groups in total. The highest BCUT2D eigenvalue weighted by molar-refractivity contribution is 6.32. The number of amides is 1. The Balaban J connectivity index is 1.79. The van der Waals surface area contributed by atoms with Gasteiger partial charge >= 0.3 is 0 Å². The van der Waals surface area contributed by atoms with Crippen LogP contribution in [0.3, 0.4) is 0 Å². The fourth-order valence-corrected chi connectivity index (χ4v) is 3.25. The number of benzene rings is 1. The first-order chi connectivity index (χ1) is 12.3. The van der Waals surface area contributed by atoms with Crippen LogP contribution in [0.4, 0.5) is 0 Å². The Labute approximate surface area is 151 Å². The van der Waals surface area contributed by atoms with Crippen molar-refractivity contribution >= 4 is 25.0 Å². The van der Waals surface area contributed by atoms with Crippen molar-refractivity contribution in [3.63, 3.8) is 0 Å². The summed E-state index contributed by atoms with van der Waals surface area (Å²) >= 11 is 0. The van der Waals surface area contributed by atoms with E-state index in [0.717, 1.165) is 5.56 Å². The van der Waals surface area contributed by atoms with Crippen molar-refractivity contribution < 1.29 is 14.1 Å². The highest BCUT2D eigenvalue weighted by Crippen LogP contribution is 2.30. The van der Waals surface area contributed by atoms with E-state index in [1.165, 1.54) is 0 Å². The largest absolute Gasteiger partial charge is 0.360 e. The lowest BCUT2D eigenvalue weighted by Gasteiger charge is -2.20. The molecule has 26 heavy (non-hydrogen) atoms. The molecule has 1 aromatic carbocycles. The van der Waals surface area contributed by atoms with E-state index >= 15 is 0 Å². The van der Waals surface area contributed by atoms with Crippen LogP contribution in [-0.2, 0) is 5.66 Å². The second kappa shape index (κ2) is 5.46. The molecule has 7 heteroatoms. The SMILES string of the molecule is [B]c1ccc(-c2noc(C)c2C(=O)c2cc3n(c2)C(C)(C)NC3=O)cc1. The van der Waals surface area contributed by atoms with Crippen LogP contribution in [0.2, 0.25) is 0 Å². The molecule has 6 nitrogen and oxygen atoms in total. The van der Waals surface area contributed by atoms with Gasteiger partial charge in [-0.25, -0.2) is 0 Å². The summed E-state index contributed by atoms with van der Waals surface area (Å²) in [5.74, 6) is -0.00665. The molecule has 0 unspecified atom stereocenters. The van der Waals surface area contributed by atoms with E-state index in [1.54, 1.807) is 48.0 Å². The van der Waals surface area contributed by atoms with Crippen LogP contribution in [0.25, 0.3) is 11.3 Å². The van der Waals surface area contributed by atoms with E-state index in [1.807, 2.05) is 13.8 Å². The zero-order chi connectivity index (χ0) is 18.6. The fraction of sp³-hybridized carbons (Fsp3) is 0.211. The second-order valence-electron chi connectivity index (χ2n) is 6.91. The topological polar surface area (TPSA) is 77.1 Å². The smallest absolute Gasteiger partial charge is 0.269 e. The Bertz CT molecular complexity index is 1040. The molecular weight excluding hydrogens is 329 g/mol. The average Bonchev–Trinajstić information content (AvgIpc) is 3.24. The second-order valence-corrected chi connectivity index (χ2v) is 6.91. The molecule has 128 valence electrons. The van der Waals surface area contributed by atoms with Crippen LogP contribution in [0.1, 0.15) is 46.0 Å². The normalized spacial score (nSPS) is 15.0. The van der Waals surface area contributed by atoms with Crippen molar-refractivity contribution in [3.05, 3.63) is 59.1 Å². The van der Waals surface area contributed by atoms with Gasteiger partial charge in [-0.3, -0.25) is 9.59 Å². The number of hydrogen-bond donors (Lipinski definition) is 1. The predicted octanol–water partition coefficient (Wildman–Crippen LogP) is 1.91. The summed E-state index contributed by atoms with van der Waals surface area (Å²) < 4.78 is 7.05. The van der Waals surface area contributed by atoms with Crippen LogP contribution >= 0.6 is 0 Å². The first-order valence-corrected chi connectivity index (χ1v) is 8.20. The quantitative estimate of drug-likeness (QED) is 0.581. The van der Waals surface area contributed by atoms with Crippen LogP contribution in [0, 0.1) is 6.92 Å². The van der Waals surface area contributed by atoms with Crippen molar-refractivity contribution in [2.24, 2.45) is 0 Å². The van der Waals surface area contributed by atoms with Crippen LogP contribution < -0.4 is 10.8 Å². The van der Waals surface area contributed by atoms with Gasteiger partial charge in [0.25, 0.3) is 5.91 Å². The molecule has 2 aromatic heterocycles. The molecule has 4 rings (SSSR count). The monoisotopic (exact) mass is 345 g/mol. The molecule has 3 aromatic rings. The standard InChI is InChI=1S/C19H16BN3O3/c1-10-15(16(22-26-10)11-4-6-13(20)7-5-11)17(24)12-8-14-18(25)21-19(2,3)23(14)9-12/h4-9H,1-3H3,(H,21,25). The van der Waals surface area contributed by atoms with Gasteiger partial charge in [-0.15, -0.1) is 0 Å². The maximum absolute atomic E-state index is 13.1. The number of carbonyl (C=O) groups is 2. The summed E-state index contributed by atoms with van der Waals surface area (Å²) in [7, 11) is 5.73. The molecular formula is C19H16BN3O3. The van der Waals surface area contributed by atoms with Gasteiger partial charge in [0.2, 0.25) is 0 Å². The van der Waals surface area contributed by atoms with Gasteiger partial charge in [0, 0.05) is 17.3 Å². The Morgan fingerprint density at radius 3 is 2.62 bits per heavy atom. The number of rotatable bonds is 3. The average molecular weight is 345 g/mol. The molecule has 0 saturated carbocycles. The van der Waals surface area contributed by atoms with Crippen molar-refractivity contribution in [1.82, 2.24) is 15.0 Å². The lowest BCUT2D eigenvalue weighted by Crippen LogP contribution is -2.36. The third-order valence-corrected chi connectivity index (χ3v) is 4.61. The Morgan fingerprint density at radius 1 is 1.27 bits per heavy atom. The number of aromatic nitrogens is 2. The lowest BCUT2D eigenvalue weighted by atomic mass is 9.93. The molecule has 0 bridgehead atoms. The molecule has 3 heterocycles. The molecule has 1 amide bonds. The molecule has 0 saturated heterocycles. The molecule has 2 radical (unpaired) electrons. The zero-order valence-corrected chi connectivity index (χ0v) is 14.7. The van der Waals surface area contributed by atoms with Crippen LogP contribution in [0.15, 0.2) is 41.1 Å². The minimum atomic E-state index is -0.575. The molecule has 0 spiro atoms. The molecule has 0 aliphatic carbocycles. The maximum Gasteiger partial charge on any atom is 0.269 e. The number of fused-ring (bicyclic) bond motifs is 1. The Kier molecular flexibility index (Phi) is 3.44. The van der Waals surface area contributed by atoms with Gasteiger partial charge < -0.3 is 14.4 Å². The van der Waals surface area contributed by atoms with Gasteiger partial charge in [-0.05, 0) is 26.8 Å². The van der Waals surface area contributed by atoms with E-state index in [9.17, 15) is 9.59 Å². The van der Waals surface area contributed by atoms with Crippen LogP contribution in [0.5, 0.6) is 0 Å². The van der Waals surface area contributed by atoms with E-state index in [4.69, 9.17) is 12.4 Å². The van der Waals surface area contributed by atoms with Crippen molar-refractivity contribution in [1.29, 1.82) is 0 Å². The predicted molar refractivity (Wildman–Crippen MR) is 96.7 cm³/mol. The first-order valence-electron chi connectivity index (χ1n) is 8.20. The lowest BCUT2D eigenvalue weighted by molar-refractivity contribution is 0.0934. The molecule has 0 atom stereocenters. The van der Waals surface area contributed by atoms with E-state index < -0.39 is 5.66 Å². The van der Waals surface area contributed by atoms with Gasteiger partial charge in [-0.2, -0.15) is 0 Å². The zero-order valence-electron chi connectivity index (χ0n) is 14.7. The Hall–Kier alpha value is -3.09. The summed E-state index contributed by atoms with van der Waals surface area (Å²) in [5, 5.41) is 6.91. The molecule has 0 fully saturated rings. The molecule has 1 aliphatic rings. The summed E-state index contributed by atoms with van der Waals surface area (Å²) in [4.78, 5) is 25.2. The maximum atomic E-state index is 13.1. The number of nitrogens with zero attached hydrogens (tertiary/aromatic N) is 2. The van der Waals surface area contributed by atoms with Crippen LogP contribution in [-0.4, -0.2) is 29.3 Å². The van der Waals surface area contributed by atoms with Gasteiger partial charge in [-0.1, -0.05) is 34.9 Å². The fourth-order valence-electron chi connectivity index (χ4n) is 3.25. The number of carbonyl (C=O) groups excluding carboxylic acids is 2. The van der Waals surface area contributed by atoms with Crippen molar-refractivity contribution in [2.45, 2.75) is 26.4 Å². The van der Waals surface area contributed by atoms with Gasteiger partial charge in [0.05, 0.1) is 5.56 Å². The minimum absolute atomic E-state index is 0.199. The first kappa shape index (κ1) is 16.4. The summed E-state index contributed by atoms with van der Waals surface area (Å²) in [6.07, 6.45) is 1.69. The third kappa shape index (κ3) is 2.39. The Morgan fingerprint density at radius 2 is 1.96 bits per heavy atom. The third-order valence-electron chi connectivity index (χ3n) is 4.61. The van der Waals surface area contributed by atoms with Crippen molar-refractivity contribution in [2.75, 3.05) is 0 Å². The van der Waals surface area contributed by atoms with Gasteiger partial charge in [0.15, 0.2) is 5.78 Å². The highest BCUT2D eigenvalue weighted by Gasteiger charge is 2.36. The minimum Gasteiger partial charge on any atom is -0.360 e. The summed E-state index contributed by atoms with van der Waals surface area (Å²) in [6, 6.07) is 8.67. The number of hydrogen-bond acceptors (Lipinski definition) is 4. The van der Waals surface area contributed by atoms with E-state index in [2.05, 4.69) is 10.5 Å². The highest BCUT2D eigenvalue weighted by atomic mass is 16.5. The number of ketones is 1. The number of nitrogens with one attached hydrogen (secondary N) is 1. The van der Waals surface area contributed by atoms with E-state index in [0.29, 0.717) is 33.7 Å². The summed E-state index contributed by atoms with van der Waals surface area (Å²) in [6.45, 7) is 5.45. The van der Waals surface area contributed by atoms with E-state index in [-0.39, 0.29) is 11.7 Å². The molecule has 1 aliphatic heterocycles. The van der Waals surface area contributed by atoms with Gasteiger partial charge in [0.1, 0.15) is 30.7 Å². The summed E-state index contributed by atoms with van der Waals surface area (Å²) in [5.41, 5.74) is 2.52.